The smallest absolute Gasteiger partial charge is 0.322 e. The van der Waals surface area contributed by atoms with Gasteiger partial charge in [0.1, 0.15) is 6.04 Å². The zero-order chi connectivity index (χ0) is 11.7. The van der Waals surface area contributed by atoms with E-state index in [-0.39, 0.29) is 5.97 Å². The van der Waals surface area contributed by atoms with Crippen LogP contribution in [0.3, 0.4) is 0 Å². The van der Waals surface area contributed by atoms with Crippen LogP contribution >= 0.6 is 0 Å². The van der Waals surface area contributed by atoms with E-state index in [0.29, 0.717) is 19.4 Å². The van der Waals surface area contributed by atoms with E-state index in [0.717, 1.165) is 5.57 Å². The minimum Gasteiger partial charge on any atom is -0.465 e. The van der Waals surface area contributed by atoms with E-state index >= 15 is 0 Å². The third kappa shape index (κ3) is 5.86. The molecule has 0 fully saturated rings. The summed E-state index contributed by atoms with van der Waals surface area (Å²) in [7, 11) is 0. The lowest BCUT2D eigenvalue weighted by Gasteiger charge is -2.10. The molecule has 0 aliphatic carbocycles. The highest BCUT2D eigenvalue weighted by atomic mass is 16.5. The number of hydrogen-bond acceptors (Lipinski definition) is 3. The van der Waals surface area contributed by atoms with Crippen molar-refractivity contribution in [1.82, 2.24) is 0 Å². The van der Waals surface area contributed by atoms with Crippen LogP contribution in [0.15, 0.2) is 37.0 Å². The number of rotatable bonds is 7. The molecule has 0 aliphatic heterocycles. The number of ether oxygens (including phenoxy) is 1. The van der Waals surface area contributed by atoms with Crippen molar-refractivity contribution in [2.75, 3.05) is 6.61 Å². The molecule has 84 valence electrons. The topological polar surface area (TPSA) is 52.3 Å². The Morgan fingerprint density at radius 3 is 2.67 bits per heavy atom. The van der Waals surface area contributed by atoms with E-state index in [1.54, 1.807) is 19.1 Å². The first-order chi connectivity index (χ1) is 7.15. The Kier molecular flexibility index (Phi) is 7.28. The Bertz CT molecular complexity index is 256. The van der Waals surface area contributed by atoms with Crippen LogP contribution in [0.2, 0.25) is 0 Å². The van der Waals surface area contributed by atoms with Gasteiger partial charge in [-0.2, -0.15) is 0 Å². The summed E-state index contributed by atoms with van der Waals surface area (Å²) >= 11 is 0. The molecule has 0 amide bonds. The van der Waals surface area contributed by atoms with Crippen LogP contribution in [0, 0.1) is 0 Å². The average molecular weight is 209 g/mol. The van der Waals surface area contributed by atoms with Gasteiger partial charge in [-0.05, 0) is 25.3 Å². The van der Waals surface area contributed by atoms with Crippen molar-refractivity contribution in [2.45, 2.75) is 25.8 Å². The molecular formula is C12H19NO2. The lowest BCUT2D eigenvalue weighted by atomic mass is 10.1. The minimum absolute atomic E-state index is 0.348. The monoisotopic (exact) mass is 209 g/mol. The molecule has 0 aliphatic rings. The van der Waals surface area contributed by atoms with E-state index in [9.17, 15) is 4.79 Å². The fourth-order valence-corrected chi connectivity index (χ4v) is 1.09. The quantitative estimate of drug-likeness (QED) is 0.515. The first-order valence-corrected chi connectivity index (χ1v) is 5.02. The van der Waals surface area contributed by atoms with E-state index in [4.69, 9.17) is 10.5 Å². The number of hydrogen-bond donors (Lipinski definition) is 1. The molecule has 0 bridgehead atoms. The molecule has 0 aromatic rings. The second-order valence-electron chi connectivity index (χ2n) is 3.08. The van der Waals surface area contributed by atoms with Gasteiger partial charge in [-0.25, -0.2) is 0 Å². The van der Waals surface area contributed by atoms with Gasteiger partial charge in [0.15, 0.2) is 0 Å². The van der Waals surface area contributed by atoms with E-state index in [1.165, 1.54) is 0 Å². The van der Waals surface area contributed by atoms with Gasteiger partial charge >= 0.3 is 5.97 Å². The van der Waals surface area contributed by atoms with Gasteiger partial charge in [-0.1, -0.05) is 31.4 Å². The van der Waals surface area contributed by atoms with Crippen LogP contribution in [-0.2, 0) is 9.53 Å². The molecule has 1 unspecified atom stereocenters. The molecule has 0 radical (unpaired) electrons. The molecule has 0 spiro atoms. The predicted octanol–water partition coefficient (Wildman–Crippen LogP) is 1.96. The van der Waals surface area contributed by atoms with Gasteiger partial charge in [-0.3, -0.25) is 4.79 Å². The number of allylic oxidation sites excluding steroid dienone is 4. The van der Waals surface area contributed by atoms with Crippen LogP contribution in [-0.4, -0.2) is 18.6 Å². The summed E-state index contributed by atoms with van der Waals surface area (Å²) in [5, 5.41) is 0. The van der Waals surface area contributed by atoms with E-state index in [1.807, 2.05) is 6.08 Å². The third-order valence-electron chi connectivity index (χ3n) is 1.93. The molecule has 3 heteroatoms. The van der Waals surface area contributed by atoms with Crippen molar-refractivity contribution < 1.29 is 9.53 Å². The second-order valence-corrected chi connectivity index (χ2v) is 3.08. The van der Waals surface area contributed by atoms with Crippen LogP contribution in [0.25, 0.3) is 0 Å². The van der Waals surface area contributed by atoms with Crippen LogP contribution in [0.1, 0.15) is 19.8 Å². The highest BCUT2D eigenvalue weighted by Gasteiger charge is 2.13. The first kappa shape index (κ1) is 13.7. The summed E-state index contributed by atoms with van der Waals surface area (Å²) < 4.78 is 4.80. The molecule has 2 N–H and O–H groups in total. The number of nitrogens with two attached hydrogens (primary N) is 1. The molecule has 1 atom stereocenters. The van der Waals surface area contributed by atoms with Gasteiger partial charge in [0.2, 0.25) is 0 Å². The van der Waals surface area contributed by atoms with E-state index in [2.05, 4.69) is 13.2 Å². The van der Waals surface area contributed by atoms with Crippen molar-refractivity contribution in [2.24, 2.45) is 5.73 Å². The maximum atomic E-state index is 11.2. The first-order valence-electron chi connectivity index (χ1n) is 5.02. The van der Waals surface area contributed by atoms with Gasteiger partial charge in [0, 0.05) is 0 Å². The summed E-state index contributed by atoms with van der Waals surface area (Å²) in [6.45, 7) is 9.38. The Labute approximate surface area is 91.3 Å². The van der Waals surface area contributed by atoms with Crippen LogP contribution < -0.4 is 5.73 Å². The van der Waals surface area contributed by atoms with Crippen molar-refractivity contribution in [1.29, 1.82) is 0 Å². The van der Waals surface area contributed by atoms with Gasteiger partial charge in [-0.15, -0.1) is 0 Å². The summed E-state index contributed by atoms with van der Waals surface area (Å²) in [4.78, 5) is 11.2. The summed E-state index contributed by atoms with van der Waals surface area (Å²) in [6, 6.07) is -0.557. The van der Waals surface area contributed by atoms with Crippen molar-refractivity contribution in [3.63, 3.8) is 0 Å². The second kappa shape index (κ2) is 8.00. The third-order valence-corrected chi connectivity index (χ3v) is 1.93. The molecule has 0 saturated carbocycles. The minimum atomic E-state index is -0.557. The molecule has 0 saturated heterocycles. The van der Waals surface area contributed by atoms with Gasteiger partial charge in [0.05, 0.1) is 6.61 Å². The fraction of sp³-hybridized carbons (Fsp3) is 0.417. The Morgan fingerprint density at radius 2 is 2.20 bits per heavy atom. The lowest BCUT2D eigenvalue weighted by molar-refractivity contribution is -0.144. The molecule has 3 nitrogen and oxygen atoms in total. The van der Waals surface area contributed by atoms with E-state index < -0.39 is 6.04 Å². The summed E-state index contributed by atoms with van der Waals surface area (Å²) in [5.74, 6) is -0.348. The molecule has 15 heavy (non-hydrogen) atoms. The highest BCUT2D eigenvalue weighted by Crippen LogP contribution is 2.08. The molecule has 0 aromatic carbocycles. The average Bonchev–Trinajstić information content (AvgIpc) is 2.24. The zero-order valence-electron chi connectivity index (χ0n) is 9.24. The molecular weight excluding hydrogens is 190 g/mol. The Hall–Kier alpha value is -1.35. The SMILES string of the molecule is C=C/C=C(\C=C)CCC(N)C(=O)OCC. The zero-order valence-corrected chi connectivity index (χ0v) is 9.24. The van der Waals surface area contributed by atoms with Gasteiger partial charge in [0.25, 0.3) is 0 Å². The van der Waals surface area contributed by atoms with Crippen LogP contribution in [0.4, 0.5) is 0 Å². The maximum absolute atomic E-state index is 11.2. The summed E-state index contributed by atoms with van der Waals surface area (Å²) in [5.41, 5.74) is 6.66. The maximum Gasteiger partial charge on any atom is 0.322 e. The normalized spacial score (nSPS) is 13.1. The molecule has 0 aromatic heterocycles. The predicted molar refractivity (Wildman–Crippen MR) is 62.3 cm³/mol. The van der Waals surface area contributed by atoms with Crippen molar-refractivity contribution in [3.8, 4) is 0 Å². The number of carbonyl (C=O) groups excluding carboxylic acids is 1. The van der Waals surface area contributed by atoms with Crippen molar-refractivity contribution >= 4 is 5.97 Å². The van der Waals surface area contributed by atoms with Gasteiger partial charge < -0.3 is 10.5 Å². The number of carbonyl (C=O) groups is 1. The standard InChI is InChI=1S/C12H19NO2/c1-4-7-10(5-2)8-9-11(13)12(14)15-6-3/h4-5,7,11H,1-2,6,8-9,13H2,3H3/b10-7+. The van der Waals surface area contributed by atoms with Crippen molar-refractivity contribution in [3.05, 3.63) is 37.0 Å². The molecule has 0 rings (SSSR count). The summed E-state index contributed by atoms with van der Waals surface area (Å²) in [6.07, 6.45) is 6.54. The Morgan fingerprint density at radius 1 is 1.53 bits per heavy atom. The highest BCUT2D eigenvalue weighted by molar-refractivity contribution is 5.75. The molecule has 0 heterocycles. The fourth-order valence-electron chi connectivity index (χ4n) is 1.09. The Balaban J connectivity index is 4.03. The van der Waals surface area contributed by atoms with Crippen LogP contribution in [0.5, 0.6) is 0 Å². The largest absolute Gasteiger partial charge is 0.465 e. The number of esters is 1. The lowest BCUT2D eigenvalue weighted by Crippen LogP contribution is -2.32.